The van der Waals surface area contributed by atoms with Crippen LogP contribution in [0.4, 0.5) is 0 Å². The Hall–Kier alpha value is -2.63. The predicted octanol–water partition coefficient (Wildman–Crippen LogP) is 3.14. The minimum Gasteiger partial charge on any atom is -0.476 e. The lowest BCUT2D eigenvalue weighted by Crippen LogP contribution is -2.33. The zero-order valence-corrected chi connectivity index (χ0v) is 14.4. The van der Waals surface area contributed by atoms with Gasteiger partial charge in [0.05, 0.1) is 6.04 Å². The number of aromatic nitrogens is 2. The molecule has 0 radical (unpaired) electrons. The van der Waals surface area contributed by atoms with E-state index in [9.17, 15) is 9.59 Å². The molecule has 1 aromatic carbocycles. The number of hydrogen-bond acceptors (Lipinski definition) is 3. The Morgan fingerprint density at radius 3 is 2.12 bits per heavy atom. The molecule has 0 saturated heterocycles. The highest BCUT2D eigenvalue weighted by molar-refractivity contribution is 5.85. The van der Waals surface area contributed by atoms with E-state index in [-0.39, 0.29) is 17.6 Å². The summed E-state index contributed by atoms with van der Waals surface area (Å²) in [6.45, 7) is 7.87. The number of carboxylic acid groups (broad SMARTS) is 1. The van der Waals surface area contributed by atoms with Crippen molar-refractivity contribution >= 4 is 11.9 Å². The number of aromatic carboxylic acids is 1. The van der Waals surface area contributed by atoms with Gasteiger partial charge in [0, 0.05) is 6.20 Å². The number of carbonyl (C=O) groups is 2. The molecule has 0 bridgehead atoms. The first-order valence-corrected chi connectivity index (χ1v) is 7.98. The largest absolute Gasteiger partial charge is 0.476 e. The second kappa shape index (κ2) is 7.29. The van der Waals surface area contributed by atoms with Gasteiger partial charge < -0.3 is 10.4 Å². The van der Waals surface area contributed by atoms with Gasteiger partial charge in [-0.05, 0) is 37.0 Å². The quantitative estimate of drug-likeness (QED) is 0.852. The van der Waals surface area contributed by atoms with Crippen molar-refractivity contribution in [3.63, 3.8) is 0 Å². The third kappa shape index (κ3) is 4.01. The summed E-state index contributed by atoms with van der Waals surface area (Å²) in [6.07, 6.45) is 1.50. The number of rotatable bonds is 6. The molecule has 2 atom stereocenters. The lowest BCUT2D eigenvalue weighted by Gasteiger charge is -2.19. The highest BCUT2D eigenvalue weighted by Crippen LogP contribution is 2.19. The van der Waals surface area contributed by atoms with Crippen molar-refractivity contribution in [3.05, 3.63) is 53.3 Å². The van der Waals surface area contributed by atoms with E-state index in [1.807, 2.05) is 19.1 Å². The van der Waals surface area contributed by atoms with E-state index < -0.39 is 12.0 Å². The molecule has 0 aliphatic heterocycles. The second-order valence-electron chi connectivity index (χ2n) is 6.21. The van der Waals surface area contributed by atoms with Gasteiger partial charge in [0.2, 0.25) is 5.91 Å². The van der Waals surface area contributed by atoms with Crippen LogP contribution in [0.25, 0.3) is 0 Å². The van der Waals surface area contributed by atoms with Gasteiger partial charge in [-0.3, -0.25) is 9.48 Å². The Balaban J connectivity index is 2.03. The maximum atomic E-state index is 12.4. The summed E-state index contributed by atoms with van der Waals surface area (Å²) in [6, 6.07) is 8.81. The normalized spacial score (nSPS) is 13.5. The van der Waals surface area contributed by atoms with Gasteiger partial charge in [-0.25, -0.2) is 4.79 Å². The Morgan fingerprint density at radius 1 is 1.04 bits per heavy atom. The molecule has 24 heavy (non-hydrogen) atoms. The number of nitrogens with one attached hydrogen (secondary N) is 1. The van der Waals surface area contributed by atoms with Crippen LogP contribution in [0, 0.1) is 0 Å². The number of nitrogens with zero attached hydrogens (tertiary/aromatic N) is 2. The standard InChI is InChI=1S/C18H23N3O3/c1-11(2)14-5-7-15(8-6-14)12(3)19-17(22)13(4)21-10-9-16(20-21)18(23)24/h5-13H,1-4H3,(H,19,22)(H,23,24). The van der Waals surface area contributed by atoms with Crippen LogP contribution in [0.5, 0.6) is 0 Å². The van der Waals surface area contributed by atoms with E-state index in [1.165, 1.54) is 22.5 Å². The summed E-state index contributed by atoms with van der Waals surface area (Å²) in [5.41, 5.74) is 2.20. The van der Waals surface area contributed by atoms with Gasteiger partial charge in [0.1, 0.15) is 6.04 Å². The molecule has 2 rings (SSSR count). The summed E-state index contributed by atoms with van der Waals surface area (Å²) in [5.74, 6) is -0.859. The lowest BCUT2D eigenvalue weighted by molar-refractivity contribution is -0.124. The molecule has 6 heteroatoms. The van der Waals surface area contributed by atoms with Crippen molar-refractivity contribution < 1.29 is 14.7 Å². The smallest absolute Gasteiger partial charge is 0.356 e. The average molecular weight is 329 g/mol. The number of carbonyl (C=O) groups excluding carboxylic acids is 1. The molecular formula is C18H23N3O3. The zero-order valence-electron chi connectivity index (χ0n) is 14.4. The van der Waals surface area contributed by atoms with Crippen molar-refractivity contribution in [1.29, 1.82) is 0 Å². The van der Waals surface area contributed by atoms with Gasteiger partial charge in [0.15, 0.2) is 5.69 Å². The van der Waals surface area contributed by atoms with E-state index in [2.05, 4.69) is 36.4 Å². The first-order valence-electron chi connectivity index (χ1n) is 7.98. The summed E-state index contributed by atoms with van der Waals surface area (Å²) in [4.78, 5) is 23.2. The number of amides is 1. The van der Waals surface area contributed by atoms with Crippen molar-refractivity contribution in [1.82, 2.24) is 15.1 Å². The van der Waals surface area contributed by atoms with Crippen LogP contribution < -0.4 is 5.32 Å². The van der Waals surface area contributed by atoms with Gasteiger partial charge >= 0.3 is 5.97 Å². The van der Waals surface area contributed by atoms with Crippen LogP contribution in [0.2, 0.25) is 0 Å². The fourth-order valence-electron chi connectivity index (χ4n) is 2.37. The third-order valence-corrected chi connectivity index (χ3v) is 4.07. The van der Waals surface area contributed by atoms with Crippen LogP contribution in [0.3, 0.4) is 0 Å². The molecule has 1 amide bonds. The fourth-order valence-corrected chi connectivity index (χ4v) is 2.37. The van der Waals surface area contributed by atoms with Crippen LogP contribution in [0.15, 0.2) is 36.5 Å². The maximum Gasteiger partial charge on any atom is 0.356 e. The Kier molecular flexibility index (Phi) is 5.39. The summed E-state index contributed by atoms with van der Waals surface area (Å²) >= 11 is 0. The van der Waals surface area contributed by atoms with Crippen LogP contribution in [0.1, 0.15) is 67.3 Å². The maximum absolute atomic E-state index is 12.4. The van der Waals surface area contributed by atoms with Crippen molar-refractivity contribution in [2.24, 2.45) is 0 Å². The summed E-state index contributed by atoms with van der Waals surface area (Å²) in [5, 5.41) is 15.7. The Bertz CT molecular complexity index is 719. The van der Waals surface area contributed by atoms with Gasteiger partial charge in [-0.15, -0.1) is 0 Å². The number of carboxylic acids is 1. The molecule has 0 saturated carbocycles. The molecule has 0 fully saturated rings. The topological polar surface area (TPSA) is 84.2 Å². The monoisotopic (exact) mass is 329 g/mol. The third-order valence-electron chi connectivity index (χ3n) is 4.07. The highest BCUT2D eigenvalue weighted by Gasteiger charge is 2.19. The number of hydrogen-bond donors (Lipinski definition) is 2. The van der Waals surface area contributed by atoms with E-state index in [1.54, 1.807) is 6.92 Å². The van der Waals surface area contributed by atoms with Crippen LogP contribution in [-0.2, 0) is 4.79 Å². The molecule has 1 heterocycles. The van der Waals surface area contributed by atoms with Crippen molar-refractivity contribution in [2.75, 3.05) is 0 Å². The van der Waals surface area contributed by atoms with E-state index in [0.717, 1.165) is 5.56 Å². The predicted molar refractivity (Wildman–Crippen MR) is 91.0 cm³/mol. The molecular weight excluding hydrogens is 306 g/mol. The minimum absolute atomic E-state index is 0.0769. The molecule has 6 nitrogen and oxygen atoms in total. The van der Waals surface area contributed by atoms with Gasteiger partial charge in [0.25, 0.3) is 0 Å². The fraction of sp³-hybridized carbons (Fsp3) is 0.389. The van der Waals surface area contributed by atoms with Crippen molar-refractivity contribution in [2.45, 2.75) is 45.7 Å². The van der Waals surface area contributed by atoms with Crippen LogP contribution >= 0.6 is 0 Å². The molecule has 0 aliphatic rings. The highest BCUT2D eigenvalue weighted by atomic mass is 16.4. The SMILES string of the molecule is CC(C)c1ccc(C(C)NC(=O)C(C)n2ccc(C(=O)O)n2)cc1. The molecule has 0 spiro atoms. The Labute approximate surface area is 141 Å². The zero-order chi connectivity index (χ0) is 17.9. The summed E-state index contributed by atoms with van der Waals surface area (Å²) in [7, 11) is 0. The molecule has 2 aromatic rings. The molecule has 1 aromatic heterocycles. The van der Waals surface area contributed by atoms with Crippen LogP contribution in [-0.4, -0.2) is 26.8 Å². The van der Waals surface area contributed by atoms with E-state index in [4.69, 9.17) is 5.11 Å². The molecule has 2 unspecified atom stereocenters. The van der Waals surface area contributed by atoms with E-state index >= 15 is 0 Å². The van der Waals surface area contributed by atoms with Crippen molar-refractivity contribution in [3.8, 4) is 0 Å². The Morgan fingerprint density at radius 2 is 1.62 bits per heavy atom. The average Bonchev–Trinajstić information content (AvgIpc) is 3.04. The number of benzene rings is 1. The first kappa shape index (κ1) is 17.7. The lowest BCUT2D eigenvalue weighted by atomic mass is 9.99. The molecule has 128 valence electrons. The molecule has 2 N–H and O–H groups in total. The first-order chi connectivity index (χ1) is 11.3. The van der Waals surface area contributed by atoms with Gasteiger partial charge in [-0.2, -0.15) is 5.10 Å². The summed E-state index contributed by atoms with van der Waals surface area (Å²) < 4.78 is 1.35. The minimum atomic E-state index is -1.11. The van der Waals surface area contributed by atoms with E-state index in [0.29, 0.717) is 5.92 Å². The van der Waals surface area contributed by atoms with Gasteiger partial charge in [-0.1, -0.05) is 38.1 Å². The second-order valence-corrected chi connectivity index (χ2v) is 6.21. The molecule has 0 aliphatic carbocycles.